The number of unbranched alkanes of at least 4 members (excludes halogenated alkanes) is 1. The Balaban J connectivity index is 2.27. The van der Waals surface area contributed by atoms with Crippen LogP contribution in [0.1, 0.15) is 19.3 Å². The highest BCUT2D eigenvalue weighted by Gasteiger charge is 2.13. The molecule has 0 aliphatic rings. The van der Waals surface area contributed by atoms with E-state index >= 15 is 0 Å². The molecular formula is C16H23N3O6. The lowest BCUT2D eigenvalue weighted by molar-refractivity contribution is -0.140. The fourth-order valence-corrected chi connectivity index (χ4v) is 1.74. The molecule has 1 aromatic rings. The summed E-state index contributed by atoms with van der Waals surface area (Å²) in [6.45, 7) is 1.11. The van der Waals surface area contributed by atoms with Crippen LogP contribution < -0.4 is 15.4 Å². The highest BCUT2D eigenvalue weighted by molar-refractivity contribution is 6.39. The van der Waals surface area contributed by atoms with E-state index in [1.54, 1.807) is 19.2 Å². The maximum atomic E-state index is 11.8. The lowest BCUT2D eigenvalue weighted by Crippen LogP contribution is -2.35. The van der Waals surface area contributed by atoms with E-state index < -0.39 is 11.8 Å². The van der Waals surface area contributed by atoms with Crippen molar-refractivity contribution in [2.75, 3.05) is 39.3 Å². The van der Waals surface area contributed by atoms with Crippen LogP contribution in [-0.4, -0.2) is 56.7 Å². The molecule has 0 bridgehead atoms. The minimum absolute atomic E-state index is 0.281. The van der Waals surface area contributed by atoms with Gasteiger partial charge in [-0.15, -0.1) is 0 Å². The number of anilines is 1. The molecule has 0 spiro atoms. The second-order valence-corrected chi connectivity index (χ2v) is 4.97. The van der Waals surface area contributed by atoms with Gasteiger partial charge in [-0.05, 0) is 18.9 Å². The maximum Gasteiger partial charge on any atom is 0.313 e. The number of carbonyl (C=O) groups excluding carboxylic acids is 3. The van der Waals surface area contributed by atoms with Crippen molar-refractivity contribution in [3.05, 3.63) is 18.3 Å². The van der Waals surface area contributed by atoms with Crippen LogP contribution in [0.2, 0.25) is 0 Å². The van der Waals surface area contributed by atoms with Gasteiger partial charge < -0.3 is 24.8 Å². The molecule has 9 heteroatoms. The van der Waals surface area contributed by atoms with Crippen molar-refractivity contribution < 1.29 is 28.6 Å². The predicted molar refractivity (Wildman–Crippen MR) is 89.1 cm³/mol. The molecule has 0 atom stereocenters. The van der Waals surface area contributed by atoms with E-state index in [9.17, 15) is 14.4 Å². The number of ether oxygens (including phenoxy) is 3. The van der Waals surface area contributed by atoms with E-state index in [1.807, 2.05) is 0 Å². The quantitative estimate of drug-likeness (QED) is 0.357. The summed E-state index contributed by atoms with van der Waals surface area (Å²) in [7, 11) is 2.89. The number of aromatic nitrogens is 1. The van der Waals surface area contributed by atoms with E-state index in [0.717, 1.165) is 0 Å². The molecule has 0 aliphatic heterocycles. The molecule has 2 N–H and O–H groups in total. The Morgan fingerprint density at radius 3 is 2.52 bits per heavy atom. The van der Waals surface area contributed by atoms with Gasteiger partial charge >= 0.3 is 17.8 Å². The minimum atomic E-state index is -0.789. The van der Waals surface area contributed by atoms with E-state index in [4.69, 9.17) is 9.47 Å². The average molecular weight is 353 g/mol. The fraction of sp³-hybridized carbons (Fsp3) is 0.500. The molecule has 0 fully saturated rings. The summed E-state index contributed by atoms with van der Waals surface area (Å²) in [6.07, 6.45) is 2.82. The van der Waals surface area contributed by atoms with Crippen LogP contribution in [0.25, 0.3) is 0 Å². The number of pyridine rings is 1. The molecule has 0 aromatic carbocycles. The molecule has 0 saturated carbocycles. The van der Waals surface area contributed by atoms with Crippen molar-refractivity contribution in [3.63, 3.8) is 0 Å². The van der Waals surface area contributed by atoms with Crippen LogP contribution >= 0.6 is 0 Å². The second kappa shape index (κ2) is 11.8. The number of nitrogens with one attached hydrogen (secondary N) is 2. The number of rotatable bonds is 10. The van der Waals surface area contributed by atoms with Gasteiger partial charge in [-0.2, -0.15) is 0 Å². The topological polar surface area (TPSA) is 116 Å². The number of amides is 2. The first-order valence-corrected chi connectivity index (χ1v) is 7.80. The van der Waals surface area contributed by atoms with Gasteiger partial charge in [-0.1, -0.05) is 0 Å². The van der Waals surface area contributed by atoms with Gasteiger partial charge in [0.05, 0.1) is 25.6 Å². The summed E-state index contributed by atoms with van der Waals surface area (Å²) in [4.78, 5) is 38.4. The van der Waals surface area contributed by atoms with E-state index in [-0.39, 0.29) is 12.4 Å². The highest BCUT2D eigenvalue weighted by atomic mass is 16.5. The standard InChI is InChI=1S/C16H23N3O6/c1-23-9-10-25-13-7-6-12(11-18-13)19-16(22)15(21)17-8-4-3-5-14(20)24-2/h6-7,11H,3-5,8-10H2,1-2H3,(H,17,21)(H,19,22). The first-order valence-electron chi connectivity index (χ1n) is 7.80. The van der Waals surface area contributed by atoms with Crippen molar-refractivity contribution in [1.29, 1.82) is 0 Å². The van der Waals surface area contributed by atoms with Crippen LogP contribution in [0.4, 0.5) is 5.69 Å². The van der Waals surface area contributed by atoms with Gasteiger partial charge in [-0.25, -0.2) is 4.98 Å². The third-order valence-corrected chi connectivity index (χ3v) is 3.06. The lowest BCUT2D eigenvalue weighted by atomic mass is 10.2. The fourth-order valence-electron chi connectivity index (χ4n) is 1.74. The Hall–Kier alpha value is -2.68. The van der Waals surface area contributed by atoms with E-state index in [2.05, 4.69) is 20.4 Å². The van der Waals surface area contributed by atoms with Crippen molar-refractivity contribution in [1.82, 2.24) is 10.3 Å². The SMILES string of the molecule is COCCOc1ccc(NC(=O)C(=O)NCCCCC(=O)OC)cn1. The Labute approximate surface area is 146 Å². The zero-order chi connectivity index (χ0) is 18.5. The lowest BCUT2D eigenvalue weighted by Gasteiger charge is -2.07. The van der Waals surface area contributed by atoms with Gasteiger partial charge in [0, 0.05) is 26.1 Å². The van der Waals surface area contributed by atoms with Gasteiger partial charge in [-0.3, -0.25) is 14.4 Å². The summed E-state index contributed by atoms with van der Waals surface area (Å²) in [5.74, 6) is -1.45. The molecule has 138 valence electrons. The van der Waals surface area contributed by atoms with Crippen LogP contribution in [0.5, 0.6) is 5.88 Å². The number of hydrogen-bond acceptors (Lipinski definition) is 7. The number of nitrogens with zero attached hydrogens (tertiary/aromatic N) is 1. The third-order valence-electron chi connectivity index (χ3n) is 3.06. The number of hydrogen-bond donors (Lipinski definition) is 2. The van der Waals surface area contributed by atoms with E-state index in [0.29, 0.717) is 44.2 Å². The Morgan fingerprint density at radius 2 is 1.88 bits per heavy atom. The molecular weight excluding hydrogens is 330 g/mol. The van der Waals surface area contributed by atoms with Gasteiger partial charge in [0.1, 0.15) is 6.61 Å². The van der Waals surface area contributed by atoms with Gasteiger partial charge in [0.15, 0.2) is 0 Å². The minimum Gasteiger partial charge on any atom is -0.475 e. The first-order chi connectivity index (χ1) is 12.1. The summed E-state index contributed by atoms with van der Waals surface area (Å²) in [6, 6.07) is 3.16. The Kier molecular flexibility index (Phi) is 9.61. The van der Waals surface area contributed by atoms with Crippen LogP contribution in [0.15, 0.2) is 18.3 Å². The summed E-state index contributed by atoms with van der Waals surface area (Å²) in [5.41, 5.74) is 0.380. The smallest absolute Gasteiger partial charge is 0.313 e. The molecule has 0 saturated heterocycles. The Morgan fingerprint density at radius 1 is 1.08 bits per heavy atom. The van der Waals surface area contributed by atoms with E-state index in [1.165, 1.54) is 13.3 Å². The third kappa shape index (κ3) is 8.66. The van der Waals surface area contributed by atoms with Crippen molar-refractivity contribution in [2.45, 2.75) is 19.3 Å². The molecule has 1 aromatic heterocycles. The average Bonchev–Trinajstić information content (AvgIpc) is 2.62. The molecule has 0 unspecified atom stereocenters. The largest absolute Gasteiger partial charge is 0.475 e. The molecule has 0 radical (unpaired) electrons. The molecule has 1 heterocycles. The predicted octanol–water partition coefficient (Wildman–Crippen LogP) is 0.505. The number of methoxy groups -OCH3 is 2. The van der Waals surface area contributed by atoms with Crippen molar-refractivity contribution >= 4 is 23.5 Å². The maximum absolute atomic E-state index is 11.8. The zero-order valence-electron chi connectivity index (χ0n) is 14.4. The normalized spacial score (nSPS) is 10.0. The second-order valence-electron chi connectivity index (χ2n) is 4.97. The van der Waals surface area contributed by atoms with Crippen molar-refractivity contribution in [2.24, 2.45) is 0 Å². The molecule has 0 aliphatic carbocycles. The number of carbonyl (C=O) groups is 3. The molecule has 9 nitrogen and oxygen atoms in total. The first kappa shape index (κ1) is 20.4. The summed E-state index contributed by atoms with van der Waals surface area (Å²) in [5, 5.41) is 4.91. The summed E-state index contributed by atoms with van der Waals surface area (Å²) >= 11 is 0. The zero-order valence-corrected chi connectivity index (χ0v) is 14.4. The molecule has 1 rings (SSSR count). The van der Waals surface area contributed by atoms with Crippen LogP contribution in [-0.2, 0) is 23.9 Å². The van der Waals surface area contributed by atoms with Crippen molar-refractivity contribution in [3.8, 4) is 5.88 Å². The number of esters is 1. The molecule has 2 amide bonds. The van der Waals surface area contributed by atoms with Crippen LogP contribution in [0.3, 0.4) is 0 Å². The van der Waals surface area contributed by atoms with Crippen LogP contribution in [0, 0.1) is 0 Å². The van der Waals surface area contributed by atoms with Gasteiger partial charge in [0.2, 0.25) is 5.88 Å². The monoisotopic (exact) mass is 353 g/mol. The molecule has 25 heavy (non-hydrogen) atoms. The van der Waals surface area contributed by atoms with Gasteiger partial charge in [0.25, 0.3) is 0 Å². The highest BCUT2D eigenvalue weighted by Crippen LogP contribution is 2.11. The Bertz CT molecular complexity index is 561. The summed E-state index contributed by atoms with van der Waals surface area (Å²) < 4.78 is 14.7.